The average Bonchev–Trinajstić information content (AvgIpc) is 2.15. The Morgan fingerprint density at radius 1 is 1.19 bits per heavy atom. The molecule has 0 amide bonds. The molecule has 2 nitrogen and oxygen atoms in total. The molecule has 2 rings (SSSR count). The Balaban J connectivity index is 2.11. The van der Waals surface area contributed by atoms with E-state index in [1.165, 1.54) is 5.69 Å². The van der Waals surface area contributed by atoms with Crippen LogP contribution in [0.25, 0.3) is 0 Å². The van der Waals surface area contributed by atoms with Gasteiger partial charge in [0.2, 0.25) is 0 Å². The summed E-state index contributed by atoms with van der Waals surface area (Å²) < 4.78 is 0. The largest absolute Gasteiger partial charge is 0.389 e. The summed E-state index contributed by atoms with van der Waals surface area (Å²) in [5, 5.41) is 9.72. The smallest absolute Gasteiger partial charge is 0.0781 e. The van der Waals surface area contributed by atoms with Crippen molar-refractivity contribution in [3.63, 3.8) is 0 Å². The summed E-state index contributed by atoms with van der Waals surface area (Å²) in [6.45, 7) is 8.65. The molecular weight excluding hydrogens is 198 g/mol. The van der Waals surface area contributed by atoms with Gasteiger partial charge in [-0.05, 0) is 24.8 Å². The van der Waals surface area contributed by atoms with Crippen LogP contribution in [0.4, 0.5) is 5.69 Å². The van der Waals surface area contributed by atoms with Crippen LogP contribution in [0.1, 0.15) is 32.4 Å². The van der Waals surface area contributed by atoms with Crippen molar-refractivity contribution < 1.29 is 5.11 Å². The number of para-hydroxylation sites is 1. The van der Waals surface area contributed by atoms with Crippen LogP contribution in [-0.2, 0) is 0 Å². The third-order valence-electron chi connectivity index (χ3n) is 3.58. The van der Waals surface area contributed by atoms with Crippen LogP contribution in [-0.4, -0.2) is 18.2 Å². The summed E-state index contributed by atoms with van der Waals surface area (Å²) >= 11 is 0. The maximum atomic E-state index is 9.72. The van der Waals surface area contributed by atoms with Crippen molar-refractivity contribution in [2.45, 2.75) is 26.9 Å². The minimum Gasteiger partial charge on any atom is -0.389 e. The Morgan fingerprint density at radius 2 is 1.81 bits per heavy atom. The molecule has 1 heterocycles. The Labute approximate surface area is 97.9 Å². The number of benzene rings is 1. The van der Waals surface area contributed by atoms with E-state index >= 15 is 0 Å². The highest BCUT2D eigenvalue weighted by atomic mass is 16.3. The summed E-state index contributed by atoms with van der Waals surface area (Å²) in [6, 6.07) is 8.16. The van der Waals surface area contributed by atoms with Gasteiger partial charge in [0, 0.05) is 24.3 Å². The Bertz CT molecular complexity index is 354. The van der Waals surface area contributed by atoms with Crippen LogP contribution < -0.4 is 4.90 Å². The predicted molar refractivity (Wildman–Crippen MR) is 67.6 cm³/mol. The van der Waals surface area contributed by atoms with E-state index in [-0.39, 0.29) is 6.10 Å². The fourth-order valence-electron chi connectivity index (χ4n) is 2.26. The molecule has 1 fully saturated rings. The number of anilines is 1. The van der Waals surface area contributed by atoms with Gasteiger partial charge in [0.25, 0.3) is 0 Å². The molecule has 1 atom stereocenters. The quantitative estimate of drug-likeness (QED) is 0.845. The van der Waals surface area contributed by atoms with Crippen molar-refractivity contribution in [1.29, 1.82) is 0 Å². The predicted octanol–water partition coefficient (Wildman–Crippen LogP) is 2.83. The number of aliphatic hydroxyl groups excluding tert-OH is 1. The van der Waals surface area contributed by atoms with Crippen molar-refractivity contribution in [3.05, 3.63) is 29.8 Å². The molecule has 88 valence electrons. The first-order valence-electron chi connectivity index (χ1n) is 6.11. The molecule has 0 aliphatic carbocycles. The number of nitrogens with zero attached hydrogens (tertiary/aromatic N) is 1. The van der Waals surface area contributed by atoms with Crippen LogP contribution >= 0.6 is 0 Å². The second-order valence-electron chi connectivity index (χ2n) is 5.14. The first kappa shape index (κ1) is 11.5. The lowest BCUT2D eigenvalue weighted by atomic mass is 9.87. The van der Waals surface area contributed by atoms with E-state index in [1.54, 1.807) is 0 Å². The second-order valence-corrected chi connectivity index (χ2v) is 5.14. The van der Waals surface area contributed by atoms with E-state index in [0.717, 1.165) is 30.5 Å². The maximum absolute atomic E-state index is 9.72. The monoisotopic (exact) mass is 219 g/mol. The molecular formula is C14H21NO. The number of hydrogen-bond acceptors (Lipinski definition) is 2. The molecule has 1 aromatic rings. The Morgan fingerprint density at radius 3 is 2.38 bits per heavy atom. The SMILES string of the molecule is CC(O)c1ccccc1N1CC(C(C)C)C1. The lowest BCUT2D eigenvalue weighted by molar-refractivity contribution is 0.198. The first-order valence-corrected chi connectivity index (χ1v) is 6.11. The van der Waals surface area contributed by atoms with Gasteiger partial charge >= 0.3 is 0 Å². The zero-order valence-corrected chi connectivity index (χ0v) is 10.4. The summed E-state index contributed by atoms with van der Waals surface area (Å²) in [6.07, 6.45) is -0.380. The van der Waals surface area contributed by atoms with Crippen molar-refractivity contribution >= 4 is 5.69 Å². The van der Waals surface area contributed by atoms with E-state index in [2.05, 4.69) is 24.8 Å². The summed E-state index contributed by atoms with van der Waals surface area (Å²) in [5.74, 6) is 1.57. The van der Waals surface area contributed by atoms with E-state index in [1.807, 2.05) is 25.1 Å². The van der Waals surface area contributed by atoms with E-state index in [9.17, 15) is 5.11 Å². The maximum Gasteiger partial charge on any atom is 0.0781 e. The molecule has 16 heavy (non-hydrogen) atoms. The molecule has 2 heteroatoms. The van der Waals surface area contributed by atoms with E-state index < -0.39 is 0 Å². The Hall–Kier alpha value is -1.02. The van der Waals surface area contributed by atoms with Gasteiger partial charge in [0.1, 0.15) is 0 Å². The normalized spacial score (nSPS) is 18.7. The summed E-state index contributed by atoms with van der Waals surface area (Å²) in [7, 11) is 0. The van der Waals surface area contributed by atoms with Crippen molar-refractivity contribution in [3.8, 4) is 0 Å². The third-order valence-corrected chi connectivity index (χ3v) is 3.58. The van der Waals surface area contributed by atoms with Crippen LogP contribution in [0.3, 0.4) is 0 Å². The molecule has 0 spiro atoms. The van der Waals surface area contributed by atoms with Gasteiger partial charge in [-0.15, -0.1) is 0 Å². The van der Waals surface area contributed by atoms with Crippen LogP contribution in [0.5, 0.6) is 0 Å². The van der Waals surface area contributed by atoms with Crippen LogP contribution in [0.15, 0.2) is 24.3 Å². The first-order chi connectivity index (χ1) is 7.59. The fraction of sp³-hybridized carbons (Fsp3) is 0.571. The number of aliphatic hydroxyl groups is 1. The summed E-state index contributed by atoms with van der Waals surface area (Å²) in [5.41, 5.74) is 2.25. The topological polar surface area (TPSA) is 23.5 Å². The van der Waals surface area contributed by atoms with Gasteiger partial charge in [-0.3, -0.25) is 0 Å². The molecule has 0 radical (unpaired) electrons. The van der Waals surface area contributed by atoms with Crippen molar-refractivity contribution in [2.75, 3.05) is 18.0 Å². The van der Waals surface area contributed by atoms with Gasteiger partial charge in [0.05, 0.1) is 6.10 Å². The molecule has 1 saturated heterocycles. The highest BCUT2D eigenvalue weighted by Gasteiger charge is 2.30. The highest BCUT2D eigenvalue weighted by molar-refractivity contribution is 5.56. The lowest BCUT2D eigenvalue weighted by Crippen LogP contribution is -2.49. The average molecular weight is 219 g/mol. The van der Waals surface area contributed by atoms with Crippen LogP contribution in [0, 0.1) is 11.8 Å². The standard InChI is InChI=1S/C14H21NO/c1-10(2)12-8-15(9-12)14-7-5-4-6-13(14)11(3)16/h4-7,10-12,16H,8-9H2,1-3H3. The minimum atomic E-state index is -0.380. The van der Waals surface area contributed by atoms with Crippen LogP contribution in [0.2, 0.25) is 0 Å². The van der Waals surface area contributed by atoms with Gasteiger partial charge in [-0.1, -0.05) is 32.0 Å². The number of hydrogen-bond donors (Lipinski definition) is 1. The molecule has 1 N–H and O–H groups in total. The van der Waals surface area contributed by atoms with Crippen molar-refractivity contribution in [1.82, 2.24) is 0 Å². The van der Waals surface area contributed by atoms with Crippen molar-refractivity contribution in [2.24, 2.45) is 11.8 Å². The Kier molecular flexibility index (Phi) is 3.20. The molecule has 1 unspecified atom stereocenters. The van der Waals surface area contributed by atoms with E-state index in [4.69, 9.17) is 0 Å². The molecule has 1 aliphatic rings. The zero-order valence-electron chi connectivity index (χ0n) is 10.4. The van der Waals surface area contributed by atoms with Gasteiger partial charge < -0.3 is 10.0 Å². The van der Waals surface area contributed by atoms with E-state index in [0.29, 0.717) is 0 Å². The molecule has 0 aromatic heterocycles. The second kappa shape index (κ2) is 4.46. The van der Waals surface area contributed by atoms with Gasteiger partial charge in [-0.25, -0.2) is 0 Å². The molecule has 0 bridgehead atoms. The zero-order chi connectivity index (χ0) is 11.7. The summed E-state index contributed by atoms with van der Waals surface area (Å²) in [4.78, 5) is 2.37. The highest BCUT2D eigenvalue weighted by Crippen LogP contribution is 2.33. The fourth-order valence-corrected chi connectivity index (χ4v) is 2.26. The molecule has 1 aliphatic heterocycles. The van der Waals surface area contributed by atoms with Gasteiger partial charge in [0.15, 0.2) is 0 Å². The lowest BCUT2D eigenvalue weighted by Gasteiger charge is -2.44. The molecule has 0 saturated carbocycles. The van der Waals surface area contributed by atoms with Gasteiger partial charge in [-0.2, -0.15) is 0 Å². The third kappa shape index (κ3) is 2.07. The number of rotatable bonds is 3. The molecule has 1 aromatic carbocycles. The minimum absolute atomic E-state index is 0.380.